The number of likely N-dealkylation sites (tertiary alicyclic amines) is 1. The predicted octanol–water partition coefficient (Wildman–Crippen LogP) is 1.25. The Balaban J connectivity index is 1.86. The topological polar surface area (TPSA) is 83.6 Å². The van der Waals surface area contributed by atoms with E-state index in [0.717, 1.165) is 16.7 Å². The second-order valence-electron chi connectivity index (χ2n) is 6.07. The highest BCUT2D eigenvalue weighted by Gasteiger charge is 2.35. The van der Waals surface area contributed by atoms with E-state index in [9.17, 15) is 14.7 Å². The minimum atomic E-state index is -1.06. The SMILES string of the molecule is CN1CC(C#Cc2cccc(-c3cccc(C(N)=O)c3)c2)C(O)C1=O. The average Bonchev–Trinajstić information content (AvgIpc) is 2.87. The van der Waals surface area contributed by atoms with Crippen LogP contribution in [0.15, 0.2) is 48.5 Å². The fourth-order valence-corrected chi connectivity index (χ4v) is 2.81. The smallest absolute Gasteiger partial charge is 0.252 e. The summed E-state index contributed by atoms with van der Waals surface area (Å²) in [6.07, 6.45) is -1.06. The lowest BCUT2D eigenvalue weighted by molar-refractivity contribution is -0.133. The summed E-state index contributed by atoms with van der Waals surface area (Å²) in [5.41, 5.74) is 8.33. The van der Waals surface area contributed by atoms with E-state index in [2.05, 4.69) is 11.8 Å². The van der Waals surface area contributed by atoms with Crippen LogP contribution >= 0.6 is 0 Å². The molecule has 0 aromatic heterocycles. The molecule has 0 saturated carbocycles. The quantitative estimate of drug-likeness (QED) is 0.811. The summed E-state index contributed by atoms with van der Waals surface area (Å²) >= 11 is 0. The van der Waals surface area contributed by atoms with Gasteiger partial charge in [-0.2, -0.15) is 0 Å². The number of aliphatic hydroxyl groups excluding tert-OH is 1. The number of hydrogen-bond donors (Lipinski definition) is 2. The third-order valence-corrected chi connectivity index (χ3v) is 4.23. The van der Waals surface area contributed by atoms with Gasteiger partial charge in [-0.1, -0.05) is 36.1 Å². The average molecular weight is 334 g/mol. The van der Waals surface area contributed by atoms with E-state index in [-0.39, 0.29) is 11.8 Å². The van der Waals surface area contributed by atoms with Gasteiger partial charge in [0.25, 0.3) is 5.91 Å². The fraction of sp³-hybridized carbons (Fsp3) is 0.200. The fourth-order valence-electron chi connectivity index (χ4n) is 2.81. The van der Waals surface area contributed by atoms with Crippen LogP contribution < -0.4 is 5.73 Å². The van der Waals surface area contributed by atoms with Gasteiger partial charge in [-0.25, -0.2) is 0 Å². The van der Waals surface area contributed by atoms with Gasteiger partial charge in [0.15, 0.2) is 0 Å². The Labute approximate surface area is 146 Å². The highest BCUT2D eigenvalue weighted by molar-refractivity contribution is 5.94. The lowest BCUT2D eigenvalue weighted by Crippen LogP contribution is -2.25. The molecule has 1 aliphatic rings. The molecule has 2 aromatic rings. The van der Waals surface area contributed by atoms with Crippen molar-refractivity contribution < 1.29 is 14.7 Å². The normalized spacial score (nSPS) is 19.4. The Kier molecular flexibility index (Phi) is 4.55. The lowest BCUT2D eigenvalue weighted by Gasteiger charge is -2.05. The Hall–Kier alpha value is -3.10. The van der Waals surface area contributed by atoms with E-state index in [1.54, 1.807) is 25.2 Å². The third-order valence-electron chi connectivity index (χ3n) is 4.23. The summed E-state index contributed by atoms with van der Waals surface area (Å²) in [5.74, 6) is 4.85. The van der Waals surface area contributed by atoms with E-state index < -0.39 is 12.0 Å². The summed E-state index contributed by atoms with van der Waals surface area (Å²) in [6.45, 7) is 0.424. The molecule has 3 rings (SSSR count). The highest BCUT2D eigenvalue weighted by Crippen LogP contribution is 2.22. The summed E-state index contributed by atoms with van der Waals surface area (Å²) in [7, 11) is 1.65. The van der Waals surface area contributed by atoms with E-state index in [1.807, 2.05) is 30.3 Å². The minimum absolute atomic E-state index is 0.295. The number of hydrogen-bond acceptors (Lipinski definition) is 3. The van der Waals surface area contributed by atoms with Gasteiger partial charge in [-0.05, 0) is 35.4 Å². The molecule has 1 aliphatic heterocycles. The molecule has 5 heteroatoms. The first-order chi connectivity index (χ1) is 12.0. The Morgan fingerprint density at radius 2 is 1.88 bits per heavy atom. The van der Waals surface area contributed by atoms with Crippen LogP contribution in [0, 0.1) is 17.8 Å². The number of primary amides is 1. The van der Waals surface area contributed by atoms with E-state index in [4.69, 9.17) is 5.73 Å². The van der Waals surface area contributed by atoms with E-state index >= 15 is 0 Å². The van der Waals surface area contributed by atoms with Crippen LogP contribution in [0.2, 0.25) is 0 Å². The number of carbonyl (C=O) groups is 2. The van der Waals surface area contributed by atoms with Gasteiger partial charge in [0.1, 0.15) is 6.10 Å². The first kappa shape index (κ1) is 16.7. The van der Waals surface area contributed by atoms with Gasteiger partial charge < -0.3 is 15.7 Å². The Bertz CT molecular complexity index is 895. The van der Waals surface area contributed by atoms with Gasteiger partial charge in [0.05, 0.1) is 5.92 Å². The molecule has 0 aliphatic carbocycles. The number of aliphatic hydroxyl groups is 1. The number of amides is 2. The number of benzene rings is 2. The minimum Gasteiger partial charge on any atom is -0.382 e. The van der Waals surface area contributed by atoms with Gasteiger partial charge in [0.2, 0.25) is 5.91 Å². The van der Waals surface area contributed by atoms with Crippen molar-refractivity contribution in [2.24, 2.45) is 11.7 Å². The molecule has 1 saturated heterocycles. The second-order valence-corrected chi connectivity index (χ2v) is 6.07. The summed E-state index contributed by atoms with van der Waals surface area (Å²) < 4.78 is 0. The zero-order valence-corrected chi connectivity index (χ0v) is 13.8. The van der Waals surface area contributed by atoms with Crippen LogP contribution in [0.1, 0.15) is 15.9 Å². The first-order valence-corrected chi connectivity index (χ1v) is 7.90. The molecule has 2 unspecified atom stereocenters. The van der Waals surface area contributed by atoms with Gasteiger partial charge in [0, 0.05) is 24.7 Å². The largest absolute Gasteiger partial charge is 0.382 e. The van der Waals surface area contributed by atoms with Crippen molar-refractivity contribution in [1.29, 1.82) is 0 Å². The second kappa shape index (κ2) is 6.80. The van der Waals surface area contributed by atoms with Crippen molar-refractivity contribution in [3.05, 3.63) is 59.7 Å². The monoisotopic (exact) mass is 334 g/mol. The molecule has 3 N–H and O–H groups in total. The van der Waals surface area contributed by atoms with Crippen molar-refractivity contribution in [2.45, 2.75) is 6.10 Å². The predicted molar refractivity (Wildman–Crippen MR) is 94.4 cm³/mol. The molecular weight excluding hydrogens is 316 g/mol. The molecule has 25 heavy (non-hydrogen) atoms. The molecule has 0 bridgehead atoms. The number of nitrogens with two attached hydrogens (primary N) is 1. The molecule has 5 nitrogen and oxygen atoms in total. The molecule has 2 atom stereocenters. The van der Waals surface area contributed by atoms with Crippen molar-refractivity contribution in [3.63, 3.8) is 0 Å². The van der Waals surface area contributed by atoms with Crippen LogP contribution in [0.3, 0.4) is 0 Å². The molecule has 126 valence electrons. The van der Waals surface area contributed by atoms with E-state index in [0.29, 0.717) is 12.1 Å². The molecule has 2 aromatic carbocycles. The number of rotatable bonds is 2. The lowest BCUT2D eigenvalue weighted by atomic mass is 10.0. The summed E-state index contributed by atoms with van der Waals surface area (Å²) in [4.78, 5) is 24.4. The van der Waals surface area contributed by atoms with Gasteiger partial charge in [-0.15, -0.1) is 0 Å². The highest BCUT2D eigenvalue weighted by atomic mass is 16.3. The van der Waals surface area contributed by atoms with Crippen LogP contribution in [-0.4, -0.2) is 41.5 Å². The standard InChI is InChI=1S/C20H18N2O3/c1-22-12-17(18(23)20(22)25)9-8-13-4-2-5-14(10-13)15-6-3-7-16(11-15)19(21)24/h2-7,10-11,17-18,23H,12H2,1H3,(H2,21,24). The zero-order chi connectivity index (χ0) is 18.0. The van der Waals surface area contributed by atoms with Crippen molar-refractivity contribution in [3.8, 4) is 23.0 Å². The van der Waals surface area contributed by atoms with Crippen molar-refractivity contribution >= 4 is 11.8 Å². The van der Waals surface area contributed by atoms with Crippen LogP contribution in [-0.2, 0) is 4.79 Å². The maximum atomic E-state index is 11.6. The van der Waals surface area contributed by atoms with Gasteiger partial charge in [-0.3, -0.25) is 9.59 Å². The zero-order valence-electron chi connectivity index (χ0n) is 13.8. The molecule has 1 fully saturated rings. The summed E-state index contributed by atoms with van der Waals surface area (Å²) in [5, 5.41) is 9.88. The number of carbonyl (C=O) groups excluding carboxylic acids is 2. The maximum absolute atomic E-state index is 11.6. The van der Waals surface area contributed by atoms with Crippen LogP contribution in [0.25, 0.3) is 11.1 Å². The van der Waals surface area contributed by atoms with Crippen molar-refractivity contribution in [1.82, 2.24) is 4.90 Å². The van der Waals surface area contributed by atoms with Crippen LogP contribution in [0.4, 0.5) is 0 Å². The van der Waals surface area contributed by atoms with E-state index in [1.165, 1.54) is 4.90 Å². The molecule has 2 amide bonds. The number of nitrogens with zero attached hydrogens (tertiary/aromatic N) is 1. The maximum Gasteiger partial charge on any atom is 0.252 e. The van der Waals surface area contributed by atoms with Crippen LogP contribution in [0.5, 0.6) is 0 Å². The summed E-state index contributed by atoms with van der Waals surface area (Å²) in [6, 6.07) is 14.7. The molecule has 1 heterocycles. The molecule has 0 radical (unpaired) electrons. The van der Waals surface area contributed by atoms with Gasteiger partial charge >= 0.3 is 0 Å². The molecular formula is C20H18N2O3. The Morgan fingerprint density at radius 1 is 1.20 bits per heavy atom. The molecule has 0 spiro atoms. The first-order valence-electron chi connectivity index (χ1n) is 7.90. The third kappa shape index (κ3) is 3.54. The number of likely N-dealkylation sites (N-methyl/N-ethyl adjacent to an activating group) is 1. The van der Waals surface area contributed by atoms with Crippen molar-refractivity contribution in [2.75, 3.05) is 13.6 Å². The Morgan fingerprint density at radius 3 is 2.52 bits per heavy atom.